The van der Waals surface area contributed by atoms with Crippen molar-refractivity contribution in [2.24, 2.45) is 0 Å². The minimum atomic E-state index is -3.42. The molecule has 1 atom stereocenters. The highest BCUT2D eigenvalue weighted by atomic mass is 32.2. The summed E-state index contributed by atoms with van der Waals surface area (Å²) in [6, 6.07) is 0. The van der Waals surface area contributed by atoms with E-state index in [2.05, 4.69) is 14.9 Å². The van der Waals surface area contributed by atoms with Crippen LogP contribution in [0.4, 0.5) is 0 Å². The number of nitrogens with zero attached hydrogens (tertiary/aromatic N) is 1. The zero-order chi connectivity index (χ0) is 12.5. The molecule has 2 rings (SSSR count). The second-order valence-electron chi connectivity index (χ2n) is 4.25. The Kier molecular flexibility index (Phi) is 3.79. The number of aryl methyl sites for hydroxylation is 2. The maximum Gasteiger partial charge on any atom is 0.244 e. The standard InChI is InChI=1S/C10H17N3O2S2/c1-7-10(8(2)13-12-7)17(14,15)11-6-9-4-3-5-16-9/h9,11H,3-6H2,1-2H3,(H,12,13). The van der Waals surface area contributed by atoms with E-state index in [-0.39, 0.29) is 0 Å². The van der Waals surface area contributed by atoms with E-state index >= 15 is 0 Å². The summed E-state index contributed by atoms with van der Waals surface area (Å²) in [5.74, 6) is 1.14. The van der Waals surface area contributed by atoms with Crippen molar-refractivity contribution in [1.82, 2.24) is 14.9 Å². The summed E-state index contributed by atoms with van der Waals surface area (Å²) in [7, 11) is -3.42. The largest absolute Gasteiger partial charge is 0.281 e. The molecule has 1 aliphatic heterocycles. The Bertz CT molecular complexity index is 470. The van der Waals surface area contributed by atoms with Crippen LogP contribution in [0, 0.1) is 13.8 Å². The highest BCUT2D eigenvalue weighted by Gasteiger charge is 2.24. The fourth-order valence-corrected chi connectivity index (χ4v) is 4.77. The number of aromatic amines is 1. The van der Waals surface area contributed by atoms with Crippen LogP contribution in [0.3, 0.4) is 0 Å². The summed E-state index contributed by atoms with van der Waals surface area (Å²) in [4.78, 5) is 0.292. The second-order valence-corrected chi connectivity index (χ2v) is 7.36. The molecule has 0 radical (unpaired) electrons. The van der Waals surface area contributed by atoms with Gasteiger partial charge in [-0.15, -0.1) is 0 Å². The van der Waals surface area contributed by atoms with Crippen molar-refractivity contribution >= 4 is 21.8 Å². The van der Waals surface area contributed by atoms with Gasteiger partial charge in [0.05, 0.1) is 11.4 Å². The van der Waals surface area contributed by atoms with Gasteiger partial charge in [0.1, 0.15) is 4.90 Å². The minimum absolute atomic E-state index is 0.292. The summed E-state index contributed by atoms with van der Waals surface area (Å²) in [6.45, 7) is 3.93. The van der Waals surface area contributed by atoms with Crippen molar-refractivity contribution in [1.29, 1.82) is 0 Å². The third-order valence-electron chi connectivity index (χ3n) is 2.85. The van der Waals surface area contributed by atoms with Gasteiger partial charge in [0.15, 0.2) is 0 Å². The second kappa shape index (κ2) is 4.99. The number of hydrogen-bond donors (Lipinski definition) is 2. The zero-order valence-corrected chi connectivity index (χ0v) is 11.6. The first-order valence-corrected chi connectivity index (χ1v) is 8.17. The van der Waals surface area contributed by atoms with Crippen LogP contribution in [0.25, 0.3) is 0 Å². The molecule has 17 heavy (non-hydrogen) atoms. The Labute approximate surface area is 106 Å². The van der Waals surface area contributed by atoms with Gasteiger partial charge in [-0.25, -0.2) is 13.1 Å². The molecule has 0 aliphatic carbocycles. The van der Waals surface area contributed by atoms with Crippen molar-refractivity contribution in [2.75, 3.05) is 12.3 Å². The molecule has 1 aliphatic rings. The predicted octanol–water partition coefficient (Wildman–Crippen LogP) is 1.20. The van der Waals surface area contributed by atoms with Gasteiger partial charge >= 0.3 is 0 Å². The first-order valence-electron chi connectivity index (χ1n) is 5.63. The molecule has 1 unspecified atom stereocenters. The van der Waals surface area contributed by atoms with E-state index < -0.39 is 10.0 Å². The van der Waals surface area contributed by atoms with Gasteiger partial charge in [0.2, 0.25) is 10.0 Å². The van der Waals surface area contributed by atoms with Crippen molar-refractivity contribution in [2.45, 2.75) is 36.8 Å². The number of hydrogen-bond acceptors (Lipinski definition) is 4. The first-order chi connectivity index (χ1) is 8.00. The summed E-state index contributed by atoms with van der Waals surface area (Å²) in [5.41, 5.74) is 1.11. The molecule has 0 amide bonds. The topological polar surface area (TPSA) is 74.8 Å². The van der Waals surface area contributed by atoms with E-state index in [4.69, 9.17) is 0 Å². The van der Waals surface area contributed by atoms with Gasteiger partial charge in [-0.05, 0) is 32.4 Å². The highest BCUT2D eigenvalue weighted by molar-refractivity contribution is 8.00. The number of rotatable bonds is 4. The molecule has 0 spiro atoms. The molecule has 0 aromatic carbocycles. The summed E-state index contributed by atoms with van der Waals surface area (Å²) >= 11 is 1.84. The normalized spacial score (nSPS) is 20.9. The van der Waals surface area contributed by atoms with Crippen LogP contribution in [-0.2, 0) is 10.0 Å². The number of aromatic nitrogens is 2. The molecule has 1 aromatic heterocycles. The lowest BCUT2D eigenvalue weighted by Crippen LogP contribution is -2.30. The number of thioether (sulfide) groups is 1. The van der Waals surface area contributed by atoms with Crippen molar-refractivity contribution in [3.63, 3.8) is 0 Å². The lowest BCUT2D eigenvalue weighted by molar-refractivity contribution is 0.578. The molecular weight excluding hydrogens is 258 g/mol. The van der Waals surface area contributed by atoms with E-state index in [1.54, 1.807) is 13.8 Å². The van der Waals surface area contributed by atoms with Gasteiger partial charge in [-0.3, -0.25) is 5.10 Å². The van der Waals surface area contributed by atoms with Crippen molar-refractivity contribution in [3.05, 3.63) is 11.4 Å². The molecule has 7 heteroatoms. The Morgan fingerprint density at radius 1 is 1.53 bits per heavy atom. The molecule has 96 valence electrons. The van der Waals surface area contributed by atoms with Crippen molar-refractivity contribution in [3.8, 4) is 0 Å². The molecule has 2 N–H and O–H groups in total. The SMILES string of the molecule is Cc1n[nH]c(C)c1S(=O)(=O)NCC1CCCS1. The number of sulfonamides is 1. The maximum absolute atomic E-state index is 12.1. The molecule has 0 bridgehead atoms. The van der Waals surface area contributed by atoms with Gasteiger partial charge in [0, 0.05) is 11.8 Å². The third kappa shape index (κ3) is 2.83. The lowest BCUT2D eigenvalue weighted by Gasteiger charge is -2.10. The molecule has 5 nitrogen and oxygen atoms in total. The maximum atomic E-state index is 12.1. The average Bonchev–Trinajstić information content (AvgIpc) is 2.86. The van der Waals surface area contributed by atoms with E-state index in [0.29, 0.717) is 28.1 Å². The quantitative estimate of drug-likeness (QED) is 0.866. The lowest BCUT2D eigenvalue weighted by atomic mass is 10.2. The fourth-order valence-electron chi connectivity index (χ4n) is 2.02. The monoisotopic (exact) mass is 275 g/mol. The fraction of sp³-hybridized carbons (Fsp3) is 0.700. The van der Waals surface area contributed by atoms with Crippen LogP contribution < -0.4 is 4.72 Å². The van der Waals surface area contributed by atoms with Gasteiger partial charge < -0.3 is 0 Å². The van der Waals surface area contributed by atoms with Gasteiger partial charge in [0.25, 0.3) is 0 Å². The number of nitrogens with one attached hydrogen (secondary N) is 2. The van der Waals surface area contributed by atoms with Crippen LogP contribution in [0.5, 0.6) is 0 Å². The highest BCUT2D eigenvalue weighted by Crippen LogP contribution is 2.26. The van der Waals surface area contributed by atoms with Gasteiger partial charge in [-0.2, -0.15) is 16.9 Å². The summed E-state index contributed by atoms with van der Waals surface area (Å²) in [5, 5.41) is 7.02. The van der Waals surface area contributed by atoms with Crippen LogP contribution >= 0.6 is 11.8 Å². The Morgan fingerprint density at radius 2 is 2.29 bits per heavy atom. The minimum Gasteiger partial charge on any atom is -0.281 e. The van der Waals surface area contributed by atoms with E-state index in [9.17, 15) is 8.42 Å². The zero-order valence-electron chi connectivity index (χ0n) is 9.99. The average molecular weight is 275 g/mol. The van der Waals surface area contributed by atoms with E-state index in [1.807, 2.05) is 11.8 Å². The Morgan fingerprint density at radius 3 is 2.82 bits per heavy atom. The van der Waals surface area contributed by atoms with Gasteiger partial charge in [-0.1, -0.05) is 0 Å². The van der Waals surface area contributed by atoms with E-state index in [1.165, 1.54) is 6.42 Å². The van der Waals surface area contributed by atoms with Crippen LogP contribution in [-0.4, -0.2) is 36.2 Å². The molecule has 1 aromatic rings. The Hall–Kier alpha value is -0.530. The molecule has 2 heterocycles. The molecular formula is C10H17N3O2S2. The first kappa shape index (κ1) is 12.9. The van der Waals surface area contributed by atoms with Crippen LogP contribution in [0.1, 0.15) is 24.2 Å². The third-order valence-corrected chi connectivity index (χ3v) is 5.94. The smallest absolute Gasteiger partial charge is 0.244 e. The number of H-pyrrole nitrogens is 1. The summed E-state index contributed by atoms with van der Waals surface area (Å²) in [6.07, 6.45) is 2.28. The molecule has 1 saturated heterocycles. The van der Waals surface area contributed by atoms with Crippen molar-refractivity contribution < 1.29 is 8.42 Å². The molecule has 0 saturated carbocycles. The summed E-state index contributed by atoms with van der Waals surface area (Å²) < 4.78 is 26.9. The predicted molar refractivity (Wildman–Crippen MR) is 68.7 cm³/mol. The van der Waals surface area contributed by atoms with Crippen LogP contribution in [0.15, 0.2) is 4.90 Å². The van der Waals surface area contributed by atoms with E-state index in [0.717, 1.165) is 12.2 Å². The molecule has 1 fully saturated rings. The van der Waals surface area contributed by atoms with Crippen LogP contribution in [0.2, 0.25) is 0 Å². The Balaban J connectivity index is 2.08.